The van der Waals surface area contributed by atoms with Gasteiger partial charge in [-0.25, -0.2) is 0 Å². The summed E-state index contributed by atoms with van der Waals surface area (Å²) in [5.41, 5.74) is 24.7. The van der Waals surface area contributed by atoms with E-state index in [1.54, 1.807) is 5.56 Å². The first-order valence-corrected chi connectivity index (χ1v) is 27.5. The number of aryl methyl sites for hydroxylation is 1. The Labute approximate surface area is 421 Å². The normalized spacial score (nSPS) is 20.9. The molecule has 0 radical (unpaired) electrons. The van der Waals surface area contributed by atoms with Crippen LogP contribution in [0.1, 0.15) is 213 Å². The van der Waals surface area contributed by atoms with Crippen LogP contribution in [0.15, 0.2) is 72.8 Å². The number of nitrogens with zero attached hydrogens (tertiary/aromatic N) is 2. The quantitative estimate of drug-likeness (QED) is 0.159. The first kappa shape index (κ1) is 47.1. The van der Waals surface area contributed by atoms with Gasteiger partial charge in [0.1, 0.15) is 0 Å². The first-order chi connectivity index (χ1) is 31.8. The maximum atomic E-state index is 2.79. The highest BCUT2D eigenvalue weighted by Crippen LogP contribution is 2.56. The van der Waals surface area contributed by atoms with Gasteiger partial charge in [-0.2, -0.15) is 0 Å². The molecular formula is C65H81BN2S. The lowest BCUT2D eigenvalue weighted by atomic mass is 9.35. The van der Waals surface area contributed by atoms with E-state index in [9.17, 15) is 0 Å². The number of anilines is 6. The van der Waals surface area contributed by atoms with Gasteiger partial charge in [0.15, 0.2) is 0 Å². The molecule has 2 nitrogen and oxygen atoms in total. The third-order valence-corrected chi connectivity index (χ3v) is 20.1. The predicted octanol–water partition coefficient (Wildman–Crippen LogP) is 16.9. The Hall–Kier alpha value is -4.28. The van der Waals surface area contributed by atoms with Crippen molar-refractivity contribution in [3.63, 3.8) is 0 Å². The van der Waals surface area contributed by atoms with Crippen LogP contribution in [0.2, 0.25) is 0 Å². The van der Waals surface area contributed by atoms with E-state index in [-0.39, 0.29) is 50.0 Å². The van der Waals surface area contributed by atoms with Crippen molar-refractivity contribution in [3.05, 3.63) is 123 Å². The second-order valence-corrected chi connectivity index (χ2v) is 29.8. The molecule has 360 valence electrons. The van der Waals surface area contributed by atoms with E-state index in [2.05, 4.69) is 225 Å². The Bertz CT molecular complexity index is 3170. The molecule has 0 atom stereocenters. The summed E-state index contributed by atoms with van der Waals surface area (Å²) in [5, 5.41) is 1.38. The van der Waals surface area contributed by atoms with Gasteiger partial charge < -0.3 is 9.80 Å². The fourth-order valence-electron chi connectivity index (χ4n) is 13.6. The smallest absolute Gasteiger partial charge is 0.264 e. The average molecular weight is 933 g/mol. The summed E-state index contributed by atoms with van der Waals surface area (Å²) >= 11 is 2.05. The minimum absolute atomic E-state index is 0.0142. The molecule has 0 saturated carbocycles. The topological polar surface area (TPSA) is 6.48 Å². The molecule has 69 heavy (non-hydrogen) atoms. The van der Waals surface area contributed by atoms with Crippen LogP contribution in [0, 0.1) is 6.92 Å². The minimum atomic E-state index is -0.102. The minimum Gasteiger partial charge on any atom is -0.311 e. The van der Waals surface area contributed by atoms with Gasteiger partial charge >= 0.3 is 0 Å². The van der Waals surface area contributed by atoms with E-state index in [4.69, 9.17) is 0 Å². The third-order valence-electron chi connectivity index (χ3n) is 18.9. The van der Waals surface area contributed by atoms with Crippen LogP contribution in [-0.4, -0.2) is 6.71 Å². The summed E-state index contributed by atoms with van der Waals surface area (Å²) < 4.78 is 2.85. The SMILES string of the molecule is Cc1cc2c(cc1N1c3cc4c(cc3B3c5sc6ccc(C(C)(C)C)cc6c5N(c5ccc6c(c5)C(C)(C)CCC6(C)C)c5cc(C(C)(C)C)cc1c53)C(C)(C)CCC4(C)C)C(C)(C)CCC2(C)C. The second-order valence-electron chi connectivity index (χ2n) is 28.7. The molecule has 0 fully saturated rings. The van der Waals surface area contributed by atoms with E-state index >= 15 is 0 Å². The molecule has 0 spiro atoms. The van der Waals surface area contributed by atoms with Gasteiger partial charge in [-0.3, -0.25) is 0 Å². The molecule has 0 unspecified atom stereocenters. The summed E-state index contributed by atoms with van der Waals surface area (Å²) in [7, 11) is 0. The summed E-state index contributed by atoms with van der Waals surface area (Å²) in [4.78, 5) is 5.56. The van der Waals surface area contributed by atoms with Crippen molar-refractivity contribution in [2.45, 2.75) is 213 Å². The van der Waals surface area contributed by atoms with Crippen LogP contribution in [0.25, 0.3) is 10.1 Å². The maximum Gasteiger partial charge on any atom is 0.264 e. The van der Waals surface area contributed by atoms with Crippen LogP contribution in [0.5, 0.6) is 0 Å². The molecule has 5 aromatic carbocycles. The zero-order chi connectivity index (χ0) is 49.7. The van der Waals surface area contributed by atoms with Crippen molar-refractivity contribution in [2.24, 2.45) is 0 Å². The Morgan fingerprint density at radius 2 is 0.913 bits per heavy atom. The van der Waals surface area contributed by atoms with Crippen LogP contribution < -0.4 is 25.5 Å². The molecular weight excluding hydrogens is 852 g/mol. The standard InChI is InChI=1S/C65H81BN2S/c1-38-30-44-47(64(16,17)28-26-61(44,10)11)36-50(38)68-51-37-48-46(63(14,15)27-29-65(48,18)19)35-49(51)66-55-52(32-40(33-53(55)68)59(5,6)7)67(41-21-22-43-45(34-41)62(12,13)25-24-60(43,8)9)56-42-31-39(58(2,3)4)20-23-54(42)69-57(56)66/h20-23,30-37H,24-29H2,1-19H3. The number of hydrogen-bond donors (Lipinski definition) is 0. The summed E-state index contributed by atoms with van der Waals surface area (Å²) in [6.45, 7) is 46.8. The van der Waals surface area contributed by atoms with Crippen LogP contribution in [0.4, 0.5) is 34.1 Å². The van der Waals surface area contributed by atoms with E-state index in [1.165, 1.54) is 143 Å². The number of benzene rings is 5. The summed E-state index contributed by atoms with van der Waals surface area (Å²) in [5.74, 6) is 0. The molecule has 6 aromatic rings. The fraction of sp³-hybridized carbons (Fsp3) is 0.508. The van der Waals surface area contributed by atoms with Crippen molar-refractivity contribution >= 4 is 78.0 Å². The molecule has 0 N–H and O–H groups in total. The van der Waals surface area contributed by atoms with Gasteiger partial charge in [0.05, 0.1) is 5.69 Å². The zero-order valence-corrected chi connectivity index (χ0v) is 46.9. The molecule has 2 aliphatic heterocycles. The number of rotatable bonds is 2. The molecule has 3 aliphatic carbocycles. The van der Waals surface area contributed by atoms with Crippen molar-refractivity contribution in [1.82, 2.24) is 0 Å². The predicted molar refractivity (Wildman–Crippen MR) is 304 cm³/mol. The van der Waals surface area contributed by atoms with Crippen molar-refractivity contribution in [2.75, 3.05) is 9.80 Å². The molecule has 11 rings (SSSR count). The van der Waals surface area contributed by atoms with E-state index in [0.717, 1.165) is 0 Å². The van der Waals surface area contributed by atoms with Gasteiger partial charge in [0.2, 0.25) is 0 Å². The third kappa shape index (κ3) is 6.96. The molecule has 3 heterocycles. The molecule has 0 amide bonds. The van der Waals surface area contributed by atoms with Crippen molar-refractivity contribution in [1.29, 1.82) is 0 Å². The van der Waals surface area contributed by atoms with Gasteiger partial charge in [-0.1, -0.05) is 149 Å². The van der Waals surface area contributed by atoms with Gasteiger partial charge in [-0.05, 0) is 198 Å². The number of thiophene rings is 1. The van der Waals surface area contributed by atoms with Crippen molar-refractivity contribution < 1.29 is 0 Å². The summed E-state index contributed by atoms with van der Waals surface area (Å²) in [6.07, 6.45) is 7.17. The fourth-order valence-corrected chi connectivity index (χ4v) is 14.9. The zero-order valence-electron chi connectivity index (χ0n) is 46.1. The van der Waals surface area contributed by atoms with Crippen LogP contribution in [0.3, 0.4) is 0 Å². The second kappa shape index (κ2) is 14.4. The molecule has 0 bridgehead atoms. The Morgan fingerprint density at radius 1 is 0.449 bits per heavy atom. The average Bonchev–Trinajstić information content (AvgIpc) is 3.63. The van der Waals surface area contributed by atoms with Gasteiger partial charge in [0.25, 0.3) is 6.71 Å². The Balaban J connectivity index is 1.31. The largest absolute Gasteiger partial charge is 0.311 e. The Kier molecular flexibility index (Phi) is 9.86. The molecule has 1 aromatic heterocycles. The van der Waals surface area contributed by atoms with Crippen molar-refractivity contribution in [3.8, 4) is 0 Å². The lowest BCUT2D eigenvalue weighted by Gasteiger charge is -2.48. The number of fused-ring (bicyclic) bond motifs is 9. The monoisotopic (exact) mass is 933 g/mol. The van der Waals surface area contributed by atoms with E-state index in [0.29, 0.717) is 0 Å². The van der Waals surface area contributed by atoms with E-state index in [1.807, 2.05) is 0 Å². The lowest BCUT2D eigenvalue weighted by Crippen LogP contribution is -2.61. The summed E-state index contributed by atoms with van der Waals surface area (Å²) in [6, 6.07) is 31.0. The van der Waals surface area contributed by atoms with Gasteiger partial charge in [-0.15, -0.1) is 11.3 Å². The highest BCUT2D eigenvalue weighted by atomic mass is 32.1. The van der Waals surface area contributed by atoms with Crippen LogP contribution >= 0.6 is 11.3 Å². The van der Waals surface area contributed by atoms with Gasteiger partial charge in [0, 0.05) is 43.3 Å². The molecule has 4 heteroatoms. The number of hydrogen-bond acceptors (Lipinski definition) is 3. The molecule has 5 aliphatic rings. The highest BCUT2D eigenvalue weighted by Gasteiger charge is 2.50. The lowest BCUT2D eigenvalue weighted by molar-refractivity contribution is 0.331. The molecule has 0 saturated heterocycles. The van der Waals surface area contributed by atoms with E-state index < -0.39 is 0 Å². The van der Waals surface area contributed by atoms with Crippen LogP contribution in [-0.2, 0) is 43.3 Å². The first-order valence-electron chi connectivity index (χ1n) is 26.7. The highest BCUT2D eigenvalue weighted by molar-refractivity contribution is 7.33. The maximum absolute atomic E-state index is 2.79. The Morgan fingerprint density at radius 3 is 1.45 bits per heavy atom.